The third-order valence-corrected chi connectivity index (χ3v) is 4.86. The van der Waals surface area contributed by atoms with Crippen molar-refractivity contribution < 1.29 is 24.6 Å². The number of fused-ring (bicyclic) bond motifs is 1. The van der Waals surface area contributed by atoms with Crippen LogP contribution in [0.15, 0.2) is 18.2 Å². The number of nitrogens with two attached hydrogens (primary N) is 1. The molecule has 0 aliphatic carbocycles. The maximum atomic E-state index is 11.5. The quantitative estimate of drug-likeness (QED) is 0.552. The van der Waals surface area contributed by atoms with Gasteiger partial charge in [-0.15, -0.1) is 0 Å². The summed E-state index contributed by atoms with van der Waals surface area (Å²) in [5.74, 6) is -1.13. The smallest absolute Gasteiger partial charge is 0.303 e. The number of primary amides is 1. The van der Waals surface area contributed by atoms with Crippen LogP contribution < -0.4 is 5.73 Å². The lowest BCUT2D eigenvalue weighted by Gasteiger charge is -2.30. The van der Waals surface area contributed by atoms with Crippen LogP contribution >= 0.6 is 0 Å². The number of benzene rings is 1. The molecule has 1 aromatic heterocycles. The Labute approximate surface area is 168 Å². The average molecular weight is 404 g/mol. The van der Waals surface area contributed by atoms with Gasteiger partial charge in [0.25, 0.3) is 5.91 Å². The highest BCUT2D eigenvalue weighted by atomic mass is 16.4. The van der Waals surface area contributed by atoms with Gasteiger partial charge in [0.1, 0.15) is 11.3 Å². The lowest BCUT2D eigenvalue weighted by molar-refractivity contribution is -0.143. The Morgan fingerprint density at radius 3 is 2.31 bits per heavy atom. The van der Waals surface area contributed by atoms with Crippen molar-refractivity contribution in [2.45, 2.75) is 44.9 Å². The molecule has 0 spiro atoms. The van der Waals surface area contributed by atoms with Crippen molar-refractivity contribution in [2.75, 3.05) is 19.6 Å². The van der Waals surface area contributed by atoms with E-state index in [9.17, 15) is 14.4 Å². The predicted molar refractivity (Wildman–Crippen MR) is 108 cm³/mol. The molecule has 3 rings (SSSR count). The van der Waals surface area contributed by atoms with Gasteiger partial charge in [0, 0.05) is 5.92 Å². The number of hydrogen-bond acceptors (Lipinski definition) is 5. The van der Waals surface area contributed by atoms with Gasteiger partial charge >= 0.3 is 11.9 Å². The highest BCUT2D eigenvalue weighted by molar-refractivity contribution is 6.04. The van der Waals surface area contributed by atoms with E-state index in [1.54, 1.807) is 6.07 Å². The van der Waals surface area contributed by atoms with Crippen molar-refractivity contribution in [3.8, 4) is 0 Å². The van der Waals surface area contributed by atoms with Crippen LogP contribution in [0.25, 0.3) is 11.0 Å². The average Bonchev–Trinajstić information content (AvgIpc) is 3.12. The topological polar surface area (TPSA) is 150 Å². The zero-order valence-corrected chi connectivity index (χ0v) is 16.6. The van der Waals surface area contributed by atoms with Crippen molar-refractivity contribution in [1.82, 2.24) is 14.9 Å². The maximum Gasteiger partial charge on any atom is 0.303 e. The van der Waals surface area contributed by atoms with Crippen LogP contribution in [-0.2, 0) is 9.59 Å². The number of carboxylic acid groups (broad SMARTS) is 2. The number of carbonyl (C=O) groups is 3. The van der Waals surface area contributed by atoms with Crippen molar-refractivity contribution in [3.63, 3.8) is 0 Å². The molecule has 0 atom stereocenters. The number of amides is 1. The molecule has 1 fully saturated rings. The first-order valence-corrected chi connectivity index (χ1v) is 9.76. The van der Waals surface area contributed by atoms with Crippen LogP contribution in [0.2, 0.25) is 0 Å². The number of aromatic amines is 1. The largest absolute Gasteiger partial charge is 0.481 e. The van der Waals surface area contributed by atoms with E-state index in [1.165, 1.54) is 13.0 Å². The number of H-pyrrole nitrogens is 1. The number of hydrogen-bond donors (Lipinski definition) is 4. The van der Waals surface area contributed by atoms with Crippen molar-refractivity contribution in [2.24, 2.45) is 5.73 Å². The number of carbonyl (C=O) groups excluding carboxylic acids is 1. The second kappa shape index (κ2) is 10.6. The number of rotatable bonds is 7. The summed E-state index contributed by atoms with van der Waals surface area (Å²) in [7, 11) is 0. The van der Waals surface area contributed by atoms with Crippen LogP contribution in [0.3, 0.4) is 0 Å². The first-order valence-electron chi connectivity index (χ1n) is 9.76. The summed E-state index contributed by atoms with van der Waals surface area (Å²) in [6.07, 6.45) is 2.85. The number of para-hydroxylation sites is 1. The zero-order valence-electron chi connectivity index (χ0n) is 16.6. The third kappa shape index (κ3) is 6.56. The van der Waals surface area contributed by atoms with Gasteiger partial charge in [-0.25, -0.2) is 4.98 Å². The molecule has 2 heterocycles. The molecule has 9 heteroatoms. The minimum Gasteiger partial charge on any atom is -0.481 e. The zero-order chi connectivity index (χ0) is 21.4. The fourth-order valence-corrected chi connectivity index (χ4v) is 3.40. The van der Waals surface area contributed by atoms with Gasteiger partial charge in [0.05, 0.1) is 23.9 Å². The van der Waals surface area contributed by atoms with Gasteiger partial charge in [0.15, 0.2) is 0 Å². The number of likely N-dealkylation sites (tertiary alicyclic amines) is 1. The Bertz CT molecular complexity index is 842. The normalized spacial score (nSPS) is 14.9. The second-order valence-corrected chi connectivity index (χ2v) is 7.09. The van der Waals surface area contributed by atoms with Gasteiger partial charge in [-0.3, -0.25) is 14.4 Å². The fraction of sp³-hybridized carbons (Fsp3) is 0.500. The van der Waals surface area contributed by atoms with E-state index in [0.717, 1.165) is 37.3 Å². The van der Waals surface area contributed by atoms with E-state index in [2.05, 4.69) is 21.8 Å². The molecular formula is C20H28N4O5. The standard InChI is InChI=1S/C16H22N4O.C4H6O4/c1-2-8-20-9-6-11(7-10-20)16-18-13-5-3-4-12(15(17)21)14(13)19-16;5-3(6)1-2-4(7)8/h3-5,11H,2,6-10H2,1H3,(H2,17,21)(H,18,19);1-2H2,(H,5,6)(H,7,8). The Morgan fingerprint density at radius 1 is 1.17 bits per heavy atom. The molecule has 5 N–H and O–H groups in total. The molecule has 2 aromatic rings. The molecule has 158 valence electrons. The van der Waals surface area contributed by atoms with Crippen LogP contribution in [0.4, 0.5) is 0 Å². The monoisotopic (exact) mass is 404 g/mol. The lowest BCUT2D eigenvalue weighted by Crippen LogP contribution is -2.33. The van der Waals surface area contributed by atoms with Gasteiger partial charge in [-0.05, 0) is 51.0 Å². The van der Waals surface area contributed by atoms with Gasteiger partial charge in [0.2, 0.25) is 0 Å². The van der Waals surface area contributed by atoms with E-state index in [-0.39, 0.29) is 12.8 Å². The van der Waals surface area contributed by atoms with E-state index in [4.69, 9.17) is 15.9 Å². The molecule has 1 amide bonds. The highest BCUT2D eigenvalue weighted by Gasteiger charge is 2.23. The summed E-state index contributed by atoms with van der Waals surface area (Å²) in [6.45, 7) is 5.64. The van der Waals surface area contributed by atoms with Crippen molar-refractivity contribution in [1.29, 1.82) is 0 Å². The fourth-order valence-electron chi connectivity index (χ4n) is 3.40. The number of piperidine rings is 1. The summed E-state index contributed by atoms with van der Waals surface area (Å²) in [5.41, 5.74) is 7.52. The summed E-state index contributed by atoms with van der Waals surface area (Å²) in [4.78, 5) is 41.3. The SMILES string of the molecule is CCCN1CCC(c2nc3c(C(N)=O)cccc3[nH]2)CC1.O=C(O)CCC(=O)O. The van der Waals surface area contributed by atoms with Gasteiger partial charge in [-0.1, -0.05) is 13.0 Å². The van der Waals surface area contributed by atoms with E-state index in [1.807, 2.05) is 12.1 Å². The minimum absolute atomic E-state index is 0.296. The van der Waals surface area contributed by atoms with Crippen molar-refractivity contribution in [3.05, 3.63) is 29.6 Å². The molecule has 0 saturated carbocycles. The van der Waals surface area contributed by atoms with Gasteiger partial charge < -0.3 is 25.8 Å². The predicted octanol–water partition coefficient (Wildman–Crippen LogP) is 2.19. The van der Waals surface area contributed by atoms with Crippen molar-refractivity contribution >= 4 is 28.9 Å². The molecule has 1 aromatic carbocycles. The molecule has 1 aliphatic rings. The van der Waals surface area contributed by atoms with E-state index >= 15 is 0 Å². The first kappa shape index (κ1) is 22.4. The molecule has 29 heavy (non-hydrogen) atoms. The molecule has 1 saturated heterocycles. The van der Waals surface area contributed by atoms with E-state index in [0.29, 0.717) is 17.0 Å². The molecule has 0 unspecified atom stereocenters. The number of nitrogens with zero attached hydrogens (tertiary/aromatic N) is 2. The molecule has 0 radical (unpaired) electrons. The van der Waals surface area contributed by atoms with Crippen LogP contribution in [-0.4, -0.2) is 62.6 Å². The first-order chi connectivity index (χ1) is 13.8. The number of aliphatic carboxylic acids is 2. The minimum atomic E-state index is -1.08. The van der Waals surface area contributed by atoms with Crippen LogP contribution in [0.1, 0.15) is 61.1 Å². The Kier molecular flexibility index (Phi) is 8.14. The Hall–Kier alpha value is -2.94. The maximum absolute atomic E-state index is 11.5. The second-order valence-electron chi connectivity index (χ2n) is 7.09. The summed E-state index contributed by atoms with van der Waals surface area (Å²) in [6, 6.07) is 5.53. The number of nitrogens with one attached hydrogen (secondary N) is 1. The molecule has 1 aliphatic heterocycles. The Morgan fingerprint density at radius 2 is 1.79 bits per heavy atom. The Balaban J connectivity index is 0.000000321. The molecular weight excluding hydrogens is 376 g/mol. The summed E-state index contributed by atoms with van der Waals surface area (Å²) < 4.78 is 0. The number of imidazole rings is 1. The molecule has 9 nitrogen and oxygen atoms in total. The molecule has 0 bridgehead atoms. The number of carboxylic acids is 2. The highest BCUT2D eigenvalue weighted by Crippen LogP contribution is 2.28. The third-order valence-electron chi connectivity index (χ3n) is 4.86. The lowest BCUT2D eigenvalue weighted by atomic mass is 9.96. The van der Waals surface area contributed by atoms with Crippen LogP contribution in [0, 0.1) is 0 Å². The number of aromatic nitrogens is 2. The van der Waals surface area contributed by atoms with Gasteiger partial charge in [-0.2, -0.15) is 0 Å². The van der Waals surface area contributed by atoms with Crippen LogP contribution in [0.5, 0.6) is 0 Å². The summed E-state index contributed by atoms with van der Waals surface area (Å²) >= 11 is 0. The van der Waals surface area contributed by atoms with E-state index < -0.39 is 17.8 Å². The summed E-state index contributed by atoms with van der Waals surface area (Å²) in [5, 5.41) is 15.8.